The standard InChI is InChI=1S/C5H10O3.C3H8O.Na/c1-2-8-4-3-5(6)7;1-3-4-2;/h2-4H2,1H3,(H,6,7);3H2,1-2H3;/q;;+1/p-1. The molecule has 0 aliphatic carbocycles. The van der Waals surface area contributed by atoms with Crippen LogP contribution in [0.2, 0.25) is 0 Å². The first-order valence-corrected chi connectivity index (χ1v) is 3.95. The molecule has 0 aliphatic heterocycles. The minimum Gasteiger partial charge on any atom is -0.550 e. The smallest absolute Gasteiger partial charge is 0.550 e. The van der Waals surface area contributed by atoms with Crippen LogP contribution in [0.15, 0.2) is 0 Å². The van der Waals surface area contributed by atoms with Crippen LogP contribution in [-0.2, 0) is 14.3 Å². The van der Waals surface area contributed by atoms with Crippen LogP contribution in [0.4, 0.5) is 0 Å². The molecule has 0 heterocycles. The maximum absolute atomic E-state index is 9.68. The number of carbonyl (C=O) groups excluding carboxylic acids is 1. The first kappa shape index (κ1) is 19.0. The van der Waals surface area contributed by atoms with Crippen molar-refractivity contribution in [2.75, 3.05) is 26.9 Å². The van der Waals surface area contributed by atoms with E-state index in [1.165, 1.54) is 0 Å². The van der Waals surface area contributed by atoms with Crippen LogP contribution in [0.25, 0.3) is 0 Å². The molecule has 13 heavy (non-hydrogen) atoms. The Kier molecular flexibility index (Phi) is 26.7. The topological polar surface area (TPSA) is 58.6 Å². The SMILES string of the molecule is CCOC.CCOCCC(=O)[O-].[Na+]. The fourth-order valence-corrected chi connectivity index (χ4v) is 0.300. The predicted molar refractivity (Wildman–Crippen MR) is 43.7 cm³/mol. The van der Waals surface area contributed by atoms with Crippen LogP contribution in [0.1, 0.15) is 20.3 Å². The monoisotopic (exact) mass is 200 g/mol. The van der Waals surface area contributed by atoms with Gasteiger partial charge in [0.05, 0.1) is 6.61 Å². The van der Waals surface area contributed by atoms with Gasteiger partial charge < -0.3 is 19.4 Å². The summed E-state index contributed by atoms with van der Waals surface area (Å²) in [5, 5.41) is 9.68. The van der Waals surface area contributed by atoms with Crippen LogP contribution in [0, 0.1) is 0 Å². The quantitative estimate of drug-likeness (QED) is 0.347. The Bertz CT molecular complexity index is 96.1. The van der Waals surface area contributed by atoms with Crippen molar-refractivity contribution in [3.05, 3.63) is 0 Å². The molecule has 4 nitrogen and oxygen atoms in total. The first-order chi connectivity index (χ1) is 5.68. The molecule has 0 saturated heterocycles. The zero-order valence-corrected chi connectivity index (χ0v) is 11.0. The molecule has 0 atom stereocenters. The molecule has 0 unspecified atom stereocenters. The third-order valence-corrected chi connectivity index (χ3v) is 0.943. The van der Waals surface area contributed by atoms with E-state index in [2.05, 4.69) is 4.74 Å². The predicted octanol–water partition coefficient (Wildman–Crippen LogP) is -3.18. The molecule has 5 heteroatoms. The third-order valence-electron chi connectivity index (χ3n) is 0.943. The molecule has 0 fully saturated rings. The van der Waals surface area contributed by atoms with E-state index in [9.17, 15) is 9.90 Å². The van der Waals surface area contributed by atoms with E-state index in [0.29, 0.717) is 6.61 Å². The Morgan fingerprint density at radius 2 is 1.77 bits per heavy atom. The number of carboxylic acids is 1. The van der Waals surface area contributed by atoms with Crippen molar-refractivity contribution in [2.24, 2.45) is 0 Å². The molecule has 0 N–H and O–H groups in total. The first-order valence-electron chi connectivity index (χ1n) is 3.95. The molecule has 0 radical (unpaired) electrons. The second-order valence-corrected chi connectivity index (χ2v) is 1.90. The van der Waals surface area contributed by atoms with Gasteiger partial charge in [0.25, 0.3) is 0 Å². The van der Waals surface area contributed by atoms with Gasteiger partial charge in [-0.15, -0.1) is 0 Å². The van der Waals surface area contributed by atoms with Gasteiger partial charge in [-0.25, -0.2) is 0 Å². The van der Waals surface area contributed by atoms with Gasteiger partial charge in [0.2, 0.25) is 0 Å². The van der Waals surface area contributed by atoms with E-state index in [-0.39, 0.29) is 42.6 Å². The van der Waals surface area contributed by atoms with Crippen molar-refractivity contribution < 1.29 is 48.9 Å². The minimum absolute atomic E-state index is 0. The van der Waals surface area contributed by atoms with Crippen LogP contribution in [0.3, 0.4) is 0 Å². The molecule has 0 rings (SSSR count). The number of carboxylic acid groups (broad SMARTS) is 1. The van der Waals surface area contributed by atoms with Gasteiger partial charge >= 0.3 is 29.6 Å². The van der Waals surface area contributed by atoms with Gasteiger partial charge in [0, 0.05) is 32.7 Å². The molecule has 0 aliphatic rings. The minimum atomic E-state index is -1.06. The molecular formula is C8H17NaO4. The third kappa shape index (κ3) is 32.8. The number of ether oxygens (including phenoxy) is 2. The Labute approximate surface area is 102 Å². The Balaban J connectivity index is -0.000000173. The Morgan fingerprint density at radius 3 is 2.00 bits per heavy atom. The summed E-state index contributed by atoms with van der Waals surface area (Å²) in [6, 6.07) is 0. The molecule has 0 saturated carbocycles. The molecule has 0 aromatic rings. The van der Waals surface area contributed by atoms with Crippen LogP contribution in [0.5, 0.6) is 0 Å². The second kappa shape index (κ2) is 18.2. The fraction of sp³-hybridized carbons (Fsp3) is 0.875. The van der Waals surface area contributed by atoms with E-state index < -0.39 is 5.97 Å². The summed E-state index contributed by atoms with van der Waals surface area (Å²) in [6.45, 7) is 5.42. The zero-order valence-electron chi connectivity index (χ0n) is 8.96. The van der Waals surface area contributed by atoms with Crippen LogP contribution in [-0.4, -0.2) is 32.9 Å². The molecular weight excluding hydrogens is 183 g/mol. The summed E-state index contributed by atoms with van der Waals surface area (Å²) >= 11 is 0. The van der Waals surface area contributed by atoms with E-state index in [1.807, 2.05) is 13.8 Å². The van der Waals surface area contributed by atoms with Crippen molar-refractivity contribution >= 4 is 5.97 Å². The Morgan fingerprint density at radius 1 is 1.31 bits per heavy atom. The molecule has 0 amide bonds. The summed E-state index contributed by atoms with van der Waals surface area (Å²) in [4.78, 5) is 9.68. The average Bonchev–Trinajstić information content (AvgIpc) is 2.05. The van der Waals surface area contributed by atoms with Gasteiger partial charge in [0.15, 0.2) is 0 Å². The molecule has 0 bridgehead atoms. The number of methoxy groups -OCH3 is 1. The zero-order chi connectivity index (χ0) is 9.82. The van der Waals surface area contributed by atoms with Crippen LogP contribution >= 0.6 is 0 Å². The number of carbonyl (C=O) groups is 1. The molecule has 74 valence electrons. The summed E-state index contributed by atoms with van der Waals surface area (Å²) in [7, 11) is 1.68. The van der Waals surface area contributed by atoms with E-state index in [0.717, 1.165) is 6.61 Å². The molecule has 0 aromatic heterocycles. The normalized spacial score (nSPS) is 7.92. The van der Waals surface area contributed by atoms with Crippen molar-refractivity contribution in [1.29, 1.82) is 0 Å². The number of rotatable bonds is 5. The maximum atomic E-state index is 9.68. The van der Waals surface area contributed by atoms with Gasteiger partial charge in [-0.05, 0) is 13.8 Å². The van der Waals surface area contributed by atoms with Crippen LogP contribution < -0.4 is 34.7 Å². The largest absolute Gasteiger partial charge is 1.00 e. The van der Waals surface area contributed by atoms with E-state index >= 15 is 0 Å². The van der Waals surface area contributed by atoms with Gasteiger partial charge in [-0.3, -0.25) is 0 Å². The second-order valence-electron chi connectivity index (χ2n) is 1.90. The molecule has 0 spiro atoms. The van der Waals surface area contributed by atoms with E-state index in [4.69, 9.17) is 4.74 Å². The fourth-order valence-electron chi connectivity index (χ4n) is 0.300. The average molecular weight is 200 g/mol. The maximum Gasteiger partial charge on any atom is 1.00 e. The summed E-state index contributed by atoms with van der Waals surface area (Å²) < 4.78 is 9.27. The number of aliphatic carboxylic acids is 1. The van der Waals surface area contributed by atoms with Crippen molar-refractivity contribution in [2.45, 2.75) is 20.3 Å². The number of hydrogen-bond acceptors (Lipinski definition) is 4. The Hall–Kier alpha value is 0.390. The molecule has 0 aromatic carbocycles. The summed E-state index contributed by atoms with van der Waals surface area (Å²) in [6.07, 6.45) is -0.00611. The van der Waals surface area contributed by atoms with Crippen molar-refractivity contribution in [1.82, 2.24) is 0 Å². The summed E-state index contributed by atoms with van der Waals surface area (Å²) in [5.41, 5.74) is 0. The summed E-state index contributed by atoms with van der Waals surface area (Å²) in [5.74, 6) is -1.06. The number of hydrogen-bond donors (Lipinski definition) is 0. The van der Waals surface area contributed by atoms with Gasteiger partial charge in [-0.1, -0.05) is 0 Å². The van der Waals surface area contributed by atoms with Crippen molar-refractivity contribution in [3.8, 4) is 0 Å². The van der Waals surface area contributed by atoms with E-state index in [1.54, 1.807) is 7.11 Å². The van der Waals surface area contributed by atoms with Crippen molar-refractivity contribution in [3.63, 3.8) is 0 Å². The van der Waals surface area contributed by atoms with Gasteiger partial charge in [-0.2, -0.15) is 0 Å². The van der Waals surface area contributed by atoms with Gasteiger partial charge in [0.1, 0.15) is 0 Å².